The maximum absolute atomic E-state index is 5.57. The van der Waals surface area contributed by atoms with Gasteiger partial charge < -0.3 is 4.74 Å². The van der Waals surface area contributed by atoms with Crippen molar-refractivity contribution >= 4 is 15.9 Å². The number of nitrogens with zero attached hydrogens (tertiary/aromatic N) is 1. The predicted octanol–water partition coefficient (Wildman–Crippen LogP) is 1.13. The first-order valence-corrected chi connectivity index (χ1v) is 4.73. The summed E-state index contributed by atoms with van der Waals surface area (Å²) in [5.41, 5.74) is 0. The molecular weight excluding hydrogens is 206 g/mol. The summed E-state index contributed by atoms with van der Waals surface area (Å²) in [6.07, 6.45) is 2.34. The van der Waals surface area contributed by atoms with Crippen LogP contribution in [0.5, 0.6) is 5.88 Å². The Labute approximate surface area is 73.9 Å². The molecule has 0 radical (unpaired) electrons. The van der Waals surface area contributed by atoms with Crippen molar-refractivity contribution in [2.45, 2.75) is 12.6 Å². The Bertz CT molecular complexity index is 239. The summed E-state index contributed by atoms with van der Waals surface area (Å²) in [5, 5.41) is 0.898. The Hall–Kier alpha value is -0.570. The zero-order valence-corrected chi connectivity index (χ0v) is 7.62. The van der Waals surface area contributed by atoms with Crippen molar-refractivity contribution in [1.82, 2.24) is 0 Å². The Morgan fingerprint density at radius 1 is 1.64 bits per heavy atom. The summed E-state index contributed by atoms with van der Waals surface area (Å²) in [6.45, 7) is 0.960. The molecule has 0 spiro atoms. The lowest BCUT2D eigenvalue weighted by Crippen LogP contribution is -2.32. The Morgan fingerprint density at radius 3 is 3.27 bits per heavy atom. The van der Waals surface area contributed by atoms with E-state index in [9.17, 15) is 0 Å². The van der Waals surface area contributed by atoms with Crippen LogP contribution in [0.3, 0.4) is 0 Å². The number of hydrogen-bond donors (Lipinski definition) is 0. The lowest BCUT2D eigenvalue weighted by atomic mass is 10.4. The van der Waals surface area contributed by atoms with Crippen LogP contribution >= 0.6 is 15.9 Å². The SMILES string of the molecule is BrC[C@@H]1C[n+]2ccccc2O1. The van der Waals surface area contributed by atoms with Crippen LogP contribution in [0, 0.1) is 0 Å². The average Bonchev–Trinajstić information content (AvgIpc) is 2.46. The number of aromatic nitrogens is 1. The summed E-state index contributed by atoms with van der Waals surface area (Å²) in [4.78, 5) is 0. The zero-order chi connectivity index (χ0) is 7.68. The lowest BCUT2D eigenvalue weighted by molar-refractivity contribution is -0.681. The predicted molar refractivity (Wildman–Crippen MR) is 44.8 cm³/mol. The van der Waals surface area contributed by atoms with E-state index >= 15 is 0 Å². The molecule has 1 aromatic heterocycles. The molecule has 1 aromatic rings. The van der Waals surface area contributed by atoms with Gasteiger partial charge >= 0.3 is 5.88 Å². The van der Waals surface area contributed by atoms with E-state index in [1.807, 2.05) is 24.4 Å². The molecule has 0 saturated heterocycles. The van der Waals surface area contributed by atoms with Crippen molar-refractivity contribution in [2.75, 3.05) is 5.33 Å². The second kappa shape index (κ2) is 2.81. The van der Waals surface area contributed by atoms with Crippen molar-refractivity contribution in [3.8, 4) is 5.88 Å². The van der Waals surface area contributed by atoms with E-state index in [4.69, 9.17) is 4.74 Å². The molecule has 3 heteroatoms. The second-order valence-corrected chi connectivity index (χ2v) is 3.23. The molecule has 0 bridgehead atoms. The third-order valence-electron chi connectivity index (χ3n) is 1.76. The zero-order valence-electron chi connectivity index (χ0n) is 6.03. The third-order valence-corrected chi connectivity index (χ3v) is 2.48. The number of ether oxygens (including phenoxy) is 1. The van der Waals surface area contributed by atoms with E-state index in [-0.39, 0.29) is 0 Å². The van der Waals surface area contributed by atoms with Gasteiger partial charge in [-0.15, -0.1) is 0 Å². The van der Waals surface area contributed by atoms with Gasteiger partial charge in [-0.3, -0.25) is 0 Å². The molecule has 58 valence electrons. The van der Waals surface area contributed by atoms with Crippen molar-refractivity contribution in [3.05, 3.63) is 24.4 Å². The average molecular weight is 215 g/mol. The number of hydrogen-bond acceptors (Lipinski definition) is 1. The fourth-order valence-corrected chi connectivity index (χ4v) is 1.56. The van der Waals surface area contributed by atoms with E-state index in [2.05, 4.69) is 20.5 Å². The van der Waals surface area contributed by atoms with E-state index in [0.717, 1.165) is 17.8 Å². The van der Waals surface area contributed by atoms with Crippen LogP contribution < -0.4 is 9.30 Å². The minimum Gasteiger partial charge on any atom is -0.433 e. The summed E-state index contributed by atoms with van der Waals surface area (Å²) in [5.74, 6) is 0.969. The number of pyridine rings is 1. The molecule has 0 unspecified atom stereocenters. The molecule has 1 aliphatic heterocycles. The van der Waals surface area contributed by atoms with Crippen LogP contribution in [-0.4, -0.2) is 11.4 Å². The number of alkyl halides is 1. The van der Waals surface area contributed by atoms with Gasteiger partial charge in [-0.05, 0) is 6.07 Å². The monoisotopic (exact) mass is 214 g/mol. The molecule has 0 N–H and O–H groups in total. The van der Waals surface area contributed by atoms with Gasteiger partial charge in [0.15, 0.2) is 18.8 Å². The van der Waals surface area contributed by atoms with Gasteiger partial charge in [-0.1, -0.05) is 15.9 Å². The van der Waals surface area contributed by atoms with Gasteiger partial charge in [0.1, 0.15) is 0 Å². The first-order valence-electron chi connectivity index (χ1n) is 3.61. The van der Waals surface area contributed by atoms with Gasteiger partial charge in [0.25, 0.3) is 0 Å². The van der Waals surface area contributed by atoms with Crippen LogP contribution in [-0.2, 0) is 6.54 Å². The first-order chi connectivity index (χ1) is 5.40. The summed E-state index contributed by atoms with van der Waals surface area (Å²) < 4.78 is 7.69. The smallest absolute Gasteiger partial charge is 0.368 e. The van der Waals surface area contributed by atoms with Crippen LogP contribution in [0.25, 0.3) is 0 Å². The third kappa shape index (κ3) is 1.25. The maximum Gasteiger partial charge on any atom is 0.368 e. The van der Waals surface area contributed by atoms with E-state index in [1.54, 1.807) is 0 Å². The van der Waals surface area contributed by atoms with Gasteiger partial charge in [-0.2, -0.15) is 4.57 Å². The highest BCUT2D eigenvalue weighted by Gasteiger charge is 2.27. The Morgan fingerprint density at radius 2 is 2.55 bits per heavy atom. The molecule has 0 fully saturated rings. The van der Waals surface area contributed by atoms with Gasteiger partial charge in [0, 0.05) is 11.4 Å². The molecule has 1 aliphatic rings. The fourth-order valence-electron chi connectivity index (χ4n) is 1.23. The highest BCUT2D eigenvalue weighted by molar-refractivity contribution is 9.09. The Balaban J connectivity index is 2.27. The minimum absolute atomic E-state index is 0.303. The highest BCUT2D eigenvalue weighted by atomic mass is 79.9. The molecule has 0 amide bonds. The highest BCUT2D eigenvalue weighted by Crippen LogP contribution is 2.13. The quantitative estimate of drug-likeness (QED) is 0.505. The molecular formula is C8H9BrNO+. The fraction of sp³-hybridized carbons (Fsp3) is 0.375. The second-order valence-electron chi connectivity index (χ2n) is 2.59. The molecule has 0 aromatic carbocycles. The van der Waals surface area contributed by atoms with Crippen molar-refractivity contribution in [3.63, 3.8) is 0 Å². The number of halogens is 1. The topological polar surface area (TPSA) is 13.1 Å². The van der Waals surface area contributed by atoms with Crippen molar-refractivity contribution in [1.29, 1.82) is 0 Å². The van der Waals surface area contributed by atoms with E-state index in [1.165, 1.54) is 0 Å². The van der Waals surface area contributed by atoms with Crippen LogP contribution in [0.2, 0.25) is 0 Å². The molecule has 0 saturated carbocycles. The summed E-state index contributed by atoms with van der Waals surface area (Å²) in [7, 11) is 0. The minimum atomic E-state index is 0.303. The molecule has 1 atom stereocenters. The van der Waals surface area contributed by atoms with Gasteiger partial charge in [0.2, 0.25) is 0 Å². The van der Waals surface area contributed by atoms with Gasteiger partial charge in [-0.25, -0.2) is 0 Å². The summed E-state index contributed by atoms with van der Waals surface area (Å²) >= 11 is 3.40. The van der Waals surface area contributed by atoms with Crippen LogP contribution in [0.4, 0.5) is 0 Å². The summed E-state index contributed by atoms with van der Waals surface area (Å²) in [6, 6.07) is 5.99. The van der Waals surface area contributed by atoms with E-state index < -0.39 is 0 Å². The first kappa shape index (κ1) is 7.10. The van der Waals surface area contributed by atoms with Crippen LogP contribution in [0.1, 0.15) is 0 Å². The lowest BCUT2D eigenvalue weighted by Gasteiger charge is -1.96. The number of fused-ring (bicyclic) bond motifs is 1. The largest absolute Gasteiger partial charge is 0.433 e. The van der Waals surface area contributed by atoms with Crippen molar-refractivity contribution < 1.29 is 9.30 Å². The molecule has 11 heavy (non-hydrogen) atoms. The molecule has 2 nitrogen and oxygen atoms in total. The molecule has 2 rings (SSSR count). The van der Waals surface area contributed by atoms with Crippen LogP contribution in [0.15, 0.2) is 24.4 Å². The van der Waals surface area contributed by atoms with Gasteiger partial charge in [0.05, 0.1) is 6.07 Å². The van der Waals surface area contributed by atoms with Crippen molar-refractivity contribution in [2.24, 2.45) is 0 Å². The molecule has 2 heterocycles. The number of rotatable bonds is 1. The molecule has 0 aliphatic carbocycles. The van der Waals surface area contributed by atoms with E-state index in [0.29, 0.717) is 6.10 Å². The normalized spacial score (nSPS) is 21.0. The standard InChI is InChI=1S/C8H9BrNO/c9-5-7-6-10-4-2-1-3-8(10)11-7/h1-4,7H,5-6H2/q+1/t7-/m1/s1. The Kier molecular flexibility index (Phi) is 1.82. The maximum atomic E-state index is 5.57.